The van der Waals surface area contributed by atoms with Crippen molar-refractivity contribution in [3.63, 3.8) is 0 Å². The molecule has 0 amide bonds. The molecule has 5 aliphatic carbocycles. The zero-order chi connectivity index (χ0) is 23.9. The van der Waals surface area contributed by atoms with E-state index in [-0.39, 0.29) is 41.4 Å². The monoisotopic (exact) mass is 483 g/mol. The fourth-order valence-electron chi connectivity index (χ4n) is 9.58. The Morgan fingerprint density at radius 2 is 1.89 bits per heavy atom. The zero-order valence-corrected chi connectivity index (χ0v) is 21.5. The van der Waals surface area contributed by atoms with Gasteiger partial charge in [-0.1, -0.05) is 34.3 Å². The number of piperidine rings is 1. The first-order valence-electron chi connectivity index (χ1n) is 13.6. The maximum Gasteiger partial charge on any atom is 0.165 e. The molecule has 1 aromatic carbocycles. The third-order valence-corrected chi connectivity index (χ3v) is 11.9. The molecule has 0 aromatic heterocycles. The lowest BCUT2D eigenvalue weighted by atomic mass is 9.33. The van der Waals surface area contributed by atoms with Crippen molar-refractivity contribution in [3.05, 3.63) is 23.3 Å². The van der Waals surface area contributed by atoms with Gasteiger partial charge in [0.05, 0.1) is 5.60 Å². The molecule has 194 valence electrons. The van der Waals surface area contributed by atoms with Crippen molar-refractivity contribution >= 4 is 0 Å². The quantitative estimate of drug-likeness (QED) is 0.628. The number of phenols is 1. The second-order valence-electron chi connectivity index (χ2n) is 13.8. The van der Waals surface area contributed by atoms with Crippen molar-refractivity contribution in [1.29, 1.82) is 0 Å². The highest BCUT2D eigenvalue weighted by Crippen LogP contribution is 2.78. The van der Waals surface area contributed by atoms with Gasteiger partial charge in [0.15, 0.2) is 11.5 Å². The topological polar surface area (TPSA) is 62.2 Å². The van der Waals surface area contributed by atoms with Crippen molar-refractivity contribution in [2.24, 2.45) is 22.7 Å². The number of phenolic OH excluding ortho intramolecular Hbond substituents is 1. The van der Waals surface area contributed by atoms with E-state index in [1.165, 1.54) is 30.5 Å². The SMILES string of the molecule is C.CO[C@]12CC[C@@]3(C[C@@H]1[C@](C)(O)C(C)(C)C)[C@H]1Cc4ccc(O)c5c4[C@@]3(CCN1CC1CC1)[C@H]2O5. The molecule has 1 aromatic rings. The van der Waals surface area contributed by atoms with E-state index in [2.05, 4.69) is 31.7 Å². The van der Waals surface area contributed by atoms with Crippen LogP contribution in [0.25, 0.3) is 0 Å². The Morgan fingerprint density at radius 3 is 2.54 bits per heavy atom. The number of benzene rings is 1. The first-order chi connectivity index (χ1) is 16.0. The summed E-state index contributed by atoms with van der Waals surface area (Å²) in [5, 5.41) is 23.2. The van der Waals surface area contributed by atoms with Crippen molar-refractivity contribution in [2.75, 3.05) is 20.2 Å². The normalized spacial score (nSPS) is 42.6. The van der Waals surface area contributed by atoms with Gasteiger partial charge in [0, 0.05) is 42.0 Å². The number of ether oxygens (including phenoxy) is 2. The lowest BCUT2D eigenvalue weighted by molar-refractivity contribution is -0.312. The molecule has 2 spiro atoms. The maximum absolute atomic E-state index is 12.2. The minimum atomic E-state index is -0.909. The Labute approximate surface area is 211 Å². The minimum Gasteiger partial charge on any atom is -0.504 e. The van der Waals surface area contributed by atoms with Crippen LogP contribution in [-0.2, 0) is 16.6 Å². The lowest BCUT2D eigenvalue weighted by Crippen LogP contribution is -2.83. The fourth-order valence-corrected chi connectivity index (χ4v) is 9.58. The first-order valence-corrected chi connectivity index (χ1v) is 13.6. The molecule has 0 radical (unpaired) electrons. The van der Waals surface area contributed by atoms with Gasteiger partial charge in [0.2, 0.25) is 0 Å². The molecule has 8 rings (SSSR count). The highest BCUT2D eigenvalue weighted by atomic mass is 16.6. The van der Waals surface area contributed by atoms with Crippen molar-refractivity contribution in [3.8, 4) is 11.5 Å². The summed E-state index contributed by atoms with van der Waals surface area (Å²) < 4.78 is 13.5. The summed E-state index contributed by atoms with van der Waals surface area (Å²) in [6.07, 6.45) is 7.64. The van der Waals surface area contributed by atoms with Crippen LogP contribution in [0.5, 0.6) is 11.5 Å². The van der Waals surface area contributed by atoms with E-state index in [4.69, 9.17) is 9.47 Å². The highest BCUT2D eigenvalue weighted by Gasteiger charge is 2.82. The Morgan fingerprint density at radius 1 is 1.14 bits per heavy atom. The number of nitrogens with zero attached hydrogens (tertiary/aromatic N) is 1. The molecule has 2 N–H and O–H groups in total. The Balaban J connectivity index is 0.00000229. The molecule has 35 heavy (non-hydrogen) atoms. The summed E-state index contributed by atoms with van der Waals surface area (Å²) in [5.74, 6) is 1.80. The van der Waals surface area contributed by atoms with Crippen LogP contribution in [0.1, 0.15) is 84.8 Å². The third-order valence-electron chi connectivity index (χ3n) is 11.9. The fraction of sp³-hybridized carbons (Fsp3) is 0.800. The summed E-state index contributed by atoms with van der Waals surface area (Å²) >= 11 is 0. The summed E-state index contributed by atoms with van der Waals surface area (Å²) in [5.41, 5.74) is 0.783. The van der Waals surface area contributed by atoms with E-state index in [1.54, 1.807) is 0 Å². The molecule has 5 heteroatoms. The molecule has 4 saturated carbocycles. The summed E-state index contributed by atoms with van der Waals surface area (Å²) in [7, 11) is 1.83. The van der Waals surface area contributed by atoms with Gasteiger partial charge < -0.3 is 19.7 Å². The van der Waals surface area contributed by atoms with Crippen LogP contribution in [0.2, 0.25) is 0 Å². The minimum absolute atomic E-state index is 0. The summed E-state index contributed by atoms with van der Waals surface area (Å²) in [6.45, 7) is 10.8. The smallest absolute Gasteiger partial charge is 0.165 e. The molecule has 7 atom stereocenters. The van der Waals surface area contributed by atoms with E-state index in [0.29, 0.717) is 11.8 Å². The largest absolute Gasteiger partial charge is 0.504 e. The number of methoxy groups -OCH3 is 1. The van der Waals surface area contributed by atoms with Crippen LogP contribution in [0.3, 0.4) is 0 Å². The van der Waals surface area contributed by atoms with Crippen molar-refractivity contribution < 1.29 is 19.7 Å². The van der Waals surface area contributed by atoms with Gasteiger partial charge >= 0.3 is 0 Å². The van der Waals surface area contributed by atoms with Crippen LogP contribution in [0.4, 0.5) is 0 Å². The Bertz CT molecular complexity index is 1060. The number of rotatable bonds is 4. The summed E-state index contributed by atoms with van der Waals surface area (Å²) in [4.78, 5) is 2.82. The van der Waals surface area contributed by atoms with Gasteiger partial charge in [0.25, 0.3) is 0 Å². The van der Waals surface area contributed by atoms with Crippen molar-refractivity contribution in [1.82, 2.24) is 4.90 Å². The number of aromatic hydroxyl groups is 1. The van der Waals surface area contributed by atoms with E-state index < -0.39 is 11.2 Å². The molecule has 0 unspecified atom stereocenters. The van der Waals surface area contributed by atoms with Crippen LogP contribution in [0, 0.1) is 22.7 Å². The molecular formula is C30H45NO4. The molecule has 2 aliphatic heterocycles. The van der Waals surface area contributed by atoms with Crippen LogP contribution in [0.15, 0.2) is 12.1 Å². The molecule has 2 heterocycles. The maximum atomic E-state index is 12.2. The number of aliphatic hydroxyl groups is 1. The molecule has 1 saturated heterocycles. The second kappa shape index (κ2) is 6.96. The molecule has 7 aliphatic rings. The van der Waals surface area contributed by atoms with Crippen LogP contribution < -0.4 is 4.74 Å². The Kier molecular flexibility index (Phi) is 4.79. The number of hydrogen-bond acceptors (Lipinski definition) is 5. The predicted octanol–water partition coefficient (Wildman–Crippen LogP) is 5.05. The molecule has 5 fully saturated rings. The number of hydrogen-bond donors (Lipinski definition) is 2. The van der Waals surface area contributed by atoms with E-state index in [0.717, 1.165) is 44.6 Å². The van der Waals surface area contributed by atoms with Gasteiger partial charge in [-0.2, -0.15) is 0 Å². The van der Waals surface area contributed by atoms with Gasteiger partial charge in [-0.15, -0.1) is 0 Å². The molecule has 4 bridgehead atoms. The van der Waals surface area contributed by atoms with Crippen molar-refractivity contribution in [2.45, 2.75) is 109 Å². The van der Waals surface area contributed by atoms with Gasteiger partial charge in [-0.3, -0.25) is 4.90 Å². The van der Waals surface area contributed by atoms with Crippen LogP contribution in [-0.4, -0.2) is 58.7 Å². The third kappa shape index (κ3) is 2.56. The Hall–Kier alpha value is -1.30. The zero-order valence-electron chi connectivity index (χ0n) is 21.5. The van der Waals surface area contributed by atoms with E-state index in [9.17, 15) is 10.2 Å². The standard InChI is InChI=1S/C29H41NO4.CH4/c1-25(2,3)26(4,32)20-15-27-10-11-29(20,33-5)24-28(27)12-13-30(16-17-6-7-17)21(27)14-18-8-9-19(31)23(34-24)22(18)28;/h8-9,17,20-21,24,31-32H,6-7,10-16H2,1-5H3;1H4/t20-,21-,24-,26+,27-,28+,29-;/m1./s1. The average Bonchev–Trinajstić information content (AvgIpc) is 3.53. The van der Waals surface area contributed by atoms with Gasteiger partial charge in [-0.05, 0) is 81.4 Å². The molecule has 5 nitrogen and oxygen atoms in total. The van der Waals surface area contributed by atoms with E-state index >= 15 is 0 Å². The lowest BCUT2D eigenvalue weighted by Gasteiger charge is -2.75. The number of likely N-dealkylation sites (tertiary alicyclic amines) is 1. The van der Waals surface area contributed by atoms with Crippen LogP contribution >= 0.6 is 0 Å². The number of fused-ring (bicyclic) bond motifs is 2. The van der Waals surface area contributed by atoms with E-state index in [1.807, 2.05) is 20.1 Å². The van der Waals surface area contributed by atoms with Gasteiger partial charge in [0.1, 0.15) is 11.7 Å². The molecular weight excluding hydrogens is 438 g/mol. The second-order valence-corrected chi connectivity index (χ2v) is 13.8. The average molecular weight is 484 g/mol. The van der Waals surface area contributed by atoms with Gasteiger partial charge in [-0.25, -0.2) is 0 Å². The predicted molar refractivity (Wildman–Crippen MR) is 137 cm³/mol. The first kappa shape index (κ1) is 24.1. The highest BCUT2D eigenvalue weighted by molar-refractivity contribution is 5.63. The summed E-state index contributed by atoms with van der Waals surface area (Å²) in [6, 6.07) is 4.46.